The average molecular weight is 241 g/mol. The molecule has 1 heterocycles. The van der Waals surface area contributed by atoms with Crippen molar-refractivity contribution in [2.45, 2.75) is 18.6 Å². The quantitative estimate of drug-likeness (QED) is 0.772. The largest absolute Gasteiger partial charge is 0.384 e. The molecule has 0 spiro atoms. The third-order valence-electron chi connectivity index (χ3n) is 3.02. The third kappa shape index (κ3) is 1.98. The van der Waals surface area contributed by atoms with Crippen LogP contribution in [0.1, 0.15) is 17.5 Å². The van der Waals surface area contributed by atoms with Gasteiger partial charge in [-0.3, -0.25) is 0 Å². The van der Waals surface area contributed by atoms with Crippen LogP contribution in [0.25, 0.3) is 0 Å². The molecule has 0 amide bonds. The molecule has 1 aliphatic rings. The second-order valence-electron chi connectivity index (χ2n) is 4.23. The molecule has 0 aromatic heterocycles. The molecule has 16 heavy (non-hydrogen) atoms. The maximum Gasteiger partial charge on any atom is 0.153 e. The summed E-state index contributed by atoms with van der Waals surface area (Å²) >= 11 is 0. The summed E-state index contributed by atoms with van der Waals surface area (Å²) < 4.78 is 22.9. The van der Waals surface area contributed by atoms with E-state index in [9.17, 15) is 13.5 Å². The number of hydrogen-bond donors (Lipinski definition) is 2. The summed E-state index contributed by atoms with van der Waals surface area (Å²) in [4.78, 5) is 0. The van der Waals surface area contributed by atoms with Crippen molar-refractivity contribution in [3.8, 4) is 0 Å². The van der Waals surface area contributed by atoms with Gasteiger partial charge in [0.05, 0.1) is 11.5 Å². The lowest BCUT2D eigenvalue weighted by Crippen LogP contribution is -2.28. The Morgan fingerprint density at radius 3 is 2.62 bits per heavy atom. The number of benzene rings is 1. The molecule has 1 fully saturated rings. The summed E-state index contributed by atoms with van der Waals surface area (Å²) in [5, 5.41) is 10.4. The van der Waals surface area contributed by atoms with Crippen molar-refractivity contribution in [1.29, 1.82) is 0 Å². The topological polar surface area (TPSA) is 80.4 Å². The molecule has 0 bridgehead atoms. The fourth-order valence-corrected chi connectivity index (χ4v) is 4.02. The van der Waals surface area contributed by atoms with Gasteiger partial charge in [0.25, 0.3) is 0 Å². The number of sulfone groups is 1. The summed E-state index contributed by atoms with van der Waals surface area (Å²) in [5.41, 5.74) is 5.79. The normalized spacial score (nSPS) is 28.1. The molecular weight excluding hydrogens is 226 g/mol. The zero-order valence-electron chi connectivity index (χ0n) is 8.89. The Kier molecular flexibility index (Phi) is 2.77. The van der Waals surface area contributed by atoms with Crippen LogP contribution in [0.4, 0.5) is 0 Å². The van der Waals surface area contributed by atoms with E-state index in [1.807, 2.05) is 12.1 Å². The van der Waals surface area contributed by atoms with Gasteiger partial charge in [0, 0.05) is 6.54 Å². The van der Waals surface area contributed by atoms with E-state index in [0.29, 0.717) is 12.1 Å². The van der Waals surface area contributed by atoms with E-state index < -0.39 is 15.4 Å². The minimum absolute atomic E-state index is 0.0441. The van der Waals surface area contributed by atoms with E-state index in [1.54, 1.807) is 12.1 Å². The molecule has 1 unspecified atom stereocenters. The van der Waals surface area contributed by atoms with Crippen molar-refractivity contribution in [1.82, 2.24) is 0 Å². The predicted octanol–water partition coefficient (Wildman–Crippen LogP) is 0.151. The summed E-state index contributed by atoms with van der Waals surface area (Å²) in [7, 11) is -3.12. The molecule has 0 radical (unpaired) electrons. The Morgan fingerprint density at radius 1 is 1.38 bits per heavy atom. The van der Waals surface area contributed by atoms with Crippen LogP contribution in [-0.2, 0) is 22.0 Å². The van der Waals surface area contributed by atoms with E-state index in [4.69, 9.17) is 5.73 Å². The standard InChI is InChI=1S/C11H15NO3S/c12-7-9-3-1-2-4-10(9)11(13)5-6-16(14,15)8-11/h1-4,13H,5-8,12H2. The van der Waals surface area contributed by atoms with Crippen LogP contribution < -0.4 is 5.73 Å². The van der Waals surface area contributed by atoms with Gasteiger partial charge in [0.1, 0.15) is 5.60 Å². The Bertz CT molecular complexity index is 498. The van der Waals surface area contributed by atoms with Gasteiger partial charge in [0.15, 0.2) is 9.84 Å². The van der Waals surface area contributed by atoms with Crippen molar-refractivity contribution in [3.05, 3.63) is 35.4 Å². The van der Waals surface area contributed by atoms with E-state index in [2.05, 4.69) is 0 Å². The van der Waals surface area contributed by atoms with Crippen LogP contribution in [0.3, 0.4) is 0 Å². The van der Waals surface area contributed by atoms with Gasteiger partial charge in [-0.15, -0.1) is 0 Å². The molecule has 1 aromatic rings. The van der Waals surface area contributed by atoms with Gasteiger partial charge < -0.3 is 10.8 Å². The van der Waals surface area contributed by atoms with Crippen LogP contribution in [0.2, 0.25) is 0 Å². The molecule has 1 aliphatic heterocycles. The summed E-state index contributed by atoms with van der Waals surface area (Å²) in [6, 6.07) is 7.19. The van der Waals surface area contributed by atoms with E-state index in [-0.39, 0.29) is 17.9 Å². The van der Waals surface area contributed by atoms with Crippen molar-refractivity contribution >= 4 is 9.84 Å². The molecule has 4 nitrogen and oxygen atoms in total. The number of hydrogen-bond acceptors (Lipinski definition) is 4. The van der Waals surface area contributed by atoms with Crippen LogP contribution >= 0.6 is 0 Å². The minimum atomic E-state index is -3.12. The summed E-state index contributed by atoms with van der Waals surface area (Å²) in [6.45, 7) is 0.304. The highest BCUT2D eigenvalue weighted by Gasteiger charge is 2.42. The minimum Gasteiger partial charge on any atom is -0.384 e. The van der Waals surface area contributed by atoms with Crippen LogP contribution in [0.5, 0.6) is 0 Å². The SMILES string of the molecule is NCc1ccccc1C1(O)CCS(=O)(=O)C1. The first-order valence-electron chi connectivity index (χ1n) is 5.18. The van der Waals surface area contributed by atoms with Crippen molar-refractivity contribution in [2.75, 3.05) is 11.5 Å². The lowest BCUT2D eigenvalue weighted by molar-refractivity contribution is 0.0643. The van der Waals surface area contributed by atoms with Gasteiger partial charge in [-0.05, 0) is 17.5 Å². The zero-order chi connectivity index (χ0) is 11.8. The molecule has 3 N–H and O–H groups in total. The van der Waals surface area contributed by atoms with Crippen molar-refractivity contribution < 1.29 is 13.5 Å². The number of rotatable bonds is 2. The second kappa shape index (κ2) is 3.84. The lowest BCUT2D eigenvalue weighted by Gasteiger charge is -2.23. The molecule has 2 rings (SSSR count). The van der Waals surface area contributed by atoms with Gasteiger partial charge in [-0.1, -0.05) is 24.3 Å². The Balaban J connectivity index is 2.45. The van der Waals surface area contributed by atoms with Crippen LogP contribution in [-0.4, -0.2) is 25.0 Å². The van der Waals surface area contributed by atoms with E-state index in [0.717, 1.165) is 5.56 Å². The van der Waals surface area contributed by atoms with Gasteiger partial charge >= 0.3 is 0 Å². The average Bonchev–Trinajstić information content (AvgIpc) is 2.54. The Hall–Kier alpha value is -0.910. The van der Waals surface area contributed by atoms with E-state index >= 15 is 0 Å². The van der Waals surface area contributed by atoms with Crippen LogP contribution in [0.15, 0.2) is 24.3 Å². The van der Waals surface area contributed by atoms with Crippen molar-refractivity contribution in [3.63, 3.8) is 0 Å². The maximum absolute atomic E-state index is 11.4. The van der Waals surface area contributed by atoms with Gasteiger partial charge in [-0.2, -0.15) is 0 Å². The monoisotopic (exact) mass is 241 g/mol. The highest BCUT2D eigenvalue weighted by atomic mass is 32.2. The Labute approximate surface area is 95.0 Å². The molecular formula is C11H15NO3S. The molecule has 1 aromatic carbocycles. The number of aliphatic hydroxyl groups is 1. The van der Waals surface area contributed by atoms with Crippen molar-refractivity contribution in [2.24, 2.45) is 5.73 Å². The fraction of sp³-hybridized carbons (Fsp3) is 0.455. The first-order chi connectivity index (χ1) is 7.47. The zero-order valence-corrected chi connectivity index (χ0v) is 9.70. The molecule has 0 aliphatic carbocycles. The first-order valence-corrected chi connectivity index (χ1v) is 7.00. The number of nitrogens with two attached hydrogens (primary N) is 1. The Morgan fingerprint density at radius 2 is 2.06 bits per heavy atom. The second-order valence-corrected chi connectivity index (χ2v) is 6.42. The highest BCUT2D eigenvalue weighted by molar-refractivity contribution is 7.91. The highest BCUT2D eigenvalue weighted by Crippen LogP contribution is 2.35. The van der Waals surface area contributed by atoms with Gasteiger partial charge in [0.2, 0.25) is 0 Å². The van der Waals surface area contributed by atoms with Gasteiger partial charge in [-0.25, -0.2) is 8.42 Å². The fourth-order valence-electron chi connectivity index (χ4n) is 2.20. The first kappa shape index (κ1) is 11.6. The maximum atomic E-state index is 11.4. The molecule has 5 heteroatoms. The molecule has 1 saturated heterocycles. The molecule has 0 saturated carbocycles. The summed E-state index contributed by atoms with van der Waals surface area (Å²) in [5.74, 6) is -0.153. The predicted molar refractivity (Wildman–Crippen MR) is 61.5 cm³/mol. The molecule has 88 valence electrons. The summed E-state index contributed by atoms with van der Waals surface area (Å²) in [6.07, 6.45) is 0.256. The molecule has 1 atom stereocenters. The third-order valence-corrected chi connectivity index (χ3v) is 4.77. The smallest absolute Gasteiger partial charge is 0.153 e. The van der Waals surface area contributed by atoms with Crippen LogP contribution in [0, 0.1) is 0 Å². The van der Waals surface area contributed by atoms with E-state index in [1.165, 1.54) is 0 Å². The lowest BCUT2D eigenvalue weighted by atomic mass is 9.89.